The normalized spacial score (nSPS) is 8.36. The Morgan fingerprint density at radius 2 is 1.32 bits per heavy atom. The zero-order valence-corrected chi connectivity index (χ0v) is 20.6. The first kappa shape index (κ1) is 40.7. The maximum atomic E-state index is 11.5. The van der Waals surface area contributed by atoms with E-state index in [-0.39, 0.29) is 5.91 Å². The Labute approximate surface area is 175 Å². The van der Waals surface area contributed by atoms with E-state index >= 15 is 0 Å². The van der Waals surface area contributed by atoms with Crippen molar-refractivity contribution in [1.29, 1.82) is 0 Å². The van der Waals surface area contributed by atoms with Crippen LogP contribution in [0.15, 0.2) is 23.4 Å². The van der Waals surface area contributed by atoms with Crippen molar-refractivity contribution in [3.63, 3.8) is 0 Å². The van der Waals surface area contributed by atoms with Gasteiger partial charge in [-0.15, -0.1) is 0 Å². The Hall–Kier alpha value is -1.95. The van der Waals surface area contributed by atoms with E-state index in [0.29, 0.717) is 6.42 Å². The Morgan fingerprint density at radius 3 is 1.57 bits per heavy atom. The third-order valence-electron chi connectivity index (χ3n) is 2.99. The van der Waals surface area contributed by atoms with Crippen molar-refractivity contribution in [3.05, 3.63) is 23.4 Å². The molecule has 0 aliphatic carbocycles. The molecule has 0 aromatic heterocycles. The molecule has 0 spiro atoms. The summed E-state index contributed by atoms with van der Waals surface area (Å²) in [4.78, 5) is 31.3. The first-order chi connectivity index (χ1) is 13.3. The monoisotopic (exact) mass is 403 g/mol. The molecule has 0 bridgehead atoms. The van der Waals surface area contributed by atoms with Gasteiger partial charge >= 0.3 is 0 Å². The highest BCUT2D eigenvalue weighted by molar-refractivity contribution is 5.75. The lowest BCUT2D eigenvalue weighted by molar-refractivity contribution is -0.130. The standard InChI is InChI=1S/C11H23N3O.C5H10.2C2H6.2CH2O/c1-5-14(4)11(15)6-7-13(3)9-10(2)8-12;1-4-5(2)3;4*1-2/h8H,5-7,9,12H2,1-4H3;4H,1-3H3;2*1-2H3;2*1H2/b10-8+;;;;;. The summed E-state index contributed by atoms with van der Waals surface area (Å²) < 4.78 is 0. The van der Waals surface area contributed by atoms with Crippen LogP contribution < -0.4 is 5.73 Å². The van der Waals surface area contributed by atoms with Gasteiger partial charge in [0.1, 0.15) is 13.6 Å². The van der Waals surface area contributed by atoms with Crippen LogP contribution in [0, 0.1) is 0 Å². The minimum atomic E-state index is 0.193. The Balaban J connectivity index is -0.0000000773. The van der Waals surface area contributed by atoms with Gasteiger partial charge in [-0.1, -0.05) is 39.3 Å². The number of amides is 1. The lowest BCUT2D eigenvalue weighted by atomic mass is 10.3. The molecule has 170 valence electrons. The molecule has 1 amide bonds. The number of carbonyl (C=O) groups is 3. The molecule has 0 aliphatic rings. The Kier molecular flexibility index (Phi) is 58.0. The number of likely N-dealkylation sites (N-methyl/N-ethyl adjacent to an activating group) is 1. The summed E-state index contributed by atoms with van der Waals surface area (Å²) in [5.41, 5.74) is 7.88. The Morgan fingerprint density at radius 1 is 0.964 bits per heavy atom. The minimum absolute atomic E-state index is 0.193. The van der Waals surface area contributed by atoms with Crippen LogP contribution in [0.5, 0.6) is 0 Å². The molecule has 0 aromatic carbocycles. The maximum Gasteiger partial charge on any atom is 0.223 e. The van der Waals surface area contributed by atoms with Gasteiger partial charge in [0, 0.05) is 33.1 Å². The van der Waals surface area contributed by atoms with Crippen molar-refractivity contribution in [2.45, 2.75) is 68.7 Å². The molecule has 0 atom stereocenters. The molecule has 0 saturated carbocycles. The average Bonchev–Trinajstić information content (AvgIpc) is 2.77. The zero-order valence-electron chi connectivity index (χ0n) is 20.6. The molecule has 0 aromatic rings. The van der Waals surface area contributed by atoms with Crippen molar-refractivity contribution < 1.29 is 14.4 Å². The van der Waals surface area contributed by atoms with Crippen LogP contribution in [-0.2, 0) is 14.4 Å². The summed E-state index contributed by atoms with van der Waals surface area (Å²) in [5, 5.41) is 0. The minimum Gasteiger partial charge on any atom is -0.405 e. The summed E-state index contributed by atoms with van der Waals surface area (Å²) in [6.07, 6.45) is 4.26. The molecule has 28 heavy (non-hydrogen) atoms. The number of rotatable bonds is 6. The quantitative estimate of drug-likeness (QED) is 0.668. The van der Waals surface area contributed by atoms with Gasteiger partial charge in [0.05, 0.1) is 0 Å². The van der Waals surface area contributed by atoms with E-state index in [9.17, 15) is 4.79 Å². The third kappa shape index (κ3) is 44.0. The SMILES string of the molecule is C=O.C=O.CC.CC.CC=C(C)C.CCN(C)C(=O)CCN(C)C/C(C)=C/N. The van der Waals surface area contributed by atoms with Crippen molar-refractivity contribution in [3.8, 4) is 0 Å². The van der Waals surface area contributed by atoms with Crippen LogP contribution in [0.3, 0.4) is 0 Å². The van der Waals surface area contributed by atoms with Crippen LogP contribution in [0.1, 0.15) is 68.7 Å². The Bertz CT molecular complexity index is 351. The van der Waals surface area contributed by atoms with Crippen LogP contribution in [-0.4, -0.2) is 63.0 Å². The van der Waals surface area contributed by atoms with Gasteiger partial charge in [-0.05, 0) is 53.4 Å². The molecule has 0 saturated heterocycles. The number of nitrogens with two attached hydrogens (primary N) is 1. The van der Waals surface area contributed by atoms with E-state index in [1.165, 1.54) is 5.57 Å². The molecule has 0 aliphatic heterocycles. The summed E-state index contributed by atoms with van der Waals surface area (Å²) in [5.74, 6) is 0.193. The second-order valence-corrected chi connectivity index (χ2v) is 5.27. The van der Waals surface area contributed by atoms with E-state index < -0.39 is 0 Å². The van der Waals surface area contributed by atoms with Crippen LogP contribution >= 0.6 is 0 Å². The molecule has 2 N–H and O–H groups in total. The van der Waals surface area contributed by atoms with Gasteiger partial charge < -0.3 is 25.1 Å². The number of nitrogens with zero attached hydrogens (tertiary/aromatic N) is 2. The van der Waals surface area contributed by atoms with Gasteiger partial charge in [-0.2, -0.15) is 0 Å². The van der Waals surface area contributed by atoms with E-state index in [0.717, 1.165) is 25.2 Å². The average molecular weight is 404 g/mol. The fourth-order valence-electron chi connectivity index (χ4n) is 1.21. The predicted molar refractivity (Wildman–Crippen MR) is 125 cm³/mol. The zero-order chi connectivity index (χ0) is 24.1. The van der Waals surface area contributed by atoms with Crippen molar-refractivity contribution in [1.82, 2.24) is 9.80 Å². The van der Waals surface area contributed by atoms with E-state index in [1.54, 1.807) is 11.1 Å². The molecule has 0 rings (SSSR count). The predicted octanol–water partition coefficient (Wildman–Crippen LogP) is 4.30. The van der Waals surface area contributed by atoms with Crippen molar-refractivity contribution >= 4 is 19.5 Å². The van der Waals surface area contributed by atoms with Crippen LogP contribution in [0.25, 0.3) is 0 Å². The third-order valence-corrected chi connectivity index (χ3v) is 2.99. The molecule has 6 heteroatoms. The molecule has 0 unspecified atom stereocenters. The van der Waals surface area contributed by atoms with E-state index in [4.69, 9.17) is 15.3 Å². The summed E-state index contributed by atoms with van der Waals surface area (Å²) in [6.45, 7) is 24.5. The maximum absolute atomic E-state index is 11.5. The number of allylic oxidation sites excluding steroid dienone is 2. The molecule has 0 heterocycles. The van der Waals surface area contributed by atoms with Gasteiger partial charge in [-0.3, -0.25) is 4.79 Å². The number of hydrogen-bond donors (Lipinski definition) is 1. The van der Waals surface area contributed by atoms with Gasteiger partial charge in [0.25, 0.3) is 0 Å². The largest absolute Gasteiger partial charge is 0.405 e. The van der Waals surface area contributed by atoms with Gasteiger partial charge in [0.2, 0.25) is 5.91 Å². The van der Waals surface area contributed by atoms with E-state index in [2.05, 4.69) is 24.8 Å². The summed E-state index contributed by atoms with van der Waals surface area (Å²) >= 11 is 0. The van der Waals surface area contributed by atoms with Gasteiger partial charge in [0.15, 0.2) is 0 Å². The second-order valence-electron chi connectivity index (χ2n) is 5.27. The molecule has 0 fully saturated rings. The highest BCUT2D eigenvalue weighted by Gasteiger charge is 2.07. The highest BCUT2D eigenvalue weighted by Crippen LogP contribution is 1.97. The fraction of sp³-hybridized carbons (Fsp3) is 0.682. The lowest BCUT2D eigenvalue weighted by Crippen LogP contribution is -2.31. The summed E-state index contributed by atoms with van der Waals surface area (Å²) in [7, 11) is 3.82. The van der Waals surface area contributed by atoms with Crippen LogP contribution in [0.4, 0.5) is 0 Å². The second kappa shape index (κ2) is 39.9. The first-order valence-corrected chi connectivity index (χ1v) is 9.75. The molecular weight excluding hydrogens is 354 g/mol. The van der Waals surface area contributed by atoms with Crippen molar-refractivity contribution in [2.75, 3.05) is 33.7 Å². The van der Waals surface area contributed by atoms with Crippen molar-refractivity contribution in [2.24, 2.45) is 5.73 Å². The fourth-order valence-corrected chi connectivity index (χ4v) is 1.21. The lowest BCUT2D eigenvalue weighted by Gasteiger charge is -2.19. The van der Waals surface area contributed by atoms with Crippen LogP contribution in [0.2, 0.25) is 0 Å². The topological polar surface area (TPSA) is 83.7 Å². The highest BCUT2D eigenvalue weighted by atomic mass is 16.2. The number of hydrogen-bond acceptors (Lipinski definition) is 5. The van der Waals surface area contributed by atoms with E-state index in [1.807, 2.05) is 76.1 Å². The molecule has 0 radical (unpaired) electrons. The smallest absolute Gasteiger partial charge is 0.223 e. The molecular formula is C22H49N3O3. The van der Waals surface area contributed by atoms with Gasteiger partial charge in [-0.25, -0.2) is 0 Å². The first-order valence-electron chi connectivity index (χ1n) is 9.75. The summed E-state index contributed by atoms with van der Waals surface area (Å²) in [6, 6.07) is 0. The number of carbonyl (C=O) groups excluding carboxylic acids is 3. The molecule has 6 nitrogen and oxygen atoms in total.